The predicted octanol–water partition coefficient (Wildman–Crippen LogP) is -1.16. The van der Waals surface area contributed by atoms with Crippen LogP contribution in [0.15, 0.2) is 0 Å². The lowest BCUT2D eigenvalue weighted by Crippen LogP contribution is -2.11. The van der Waals surface area contributed by atoms with Gasteiger partial charge in [-0.1, -0.05) is 6.92 Å². The van der Waals surface area contributed by atoms with Crippen molar-refractivity contribution in [3.63, 3.8) is 0 Å². The Morgan fingerprint density at radius 1 is 1.57 bits per heavy atom. The Balaban J connectivity index is 0. The first-order valence-electron chi connectivity index (χ1n) is 2.06. The van der Waals surface area contributed by atoms with Gasteiger partial charge < -0.3 is 4.81 Å². The smallest absolute Gasteiger partial charge is 0.182 e. The molecule has 2 radical (unpaired) electrons. The van der Waals surface area contributed by atoms with Crippen LogP contribution in [0.1, 0.15) is 6.92 Å². The maximum absolute atomic E-state index is 5.12. The first kappa shape index (κ1) is 10.0. The molecule has 0 spiro atoms. The number of nitrogens with zero attached hydrogens (tertiary/aromatic N) is 1. The molecule has 0 saturated carbocycles. The lowest BCUT2D eigenvalue weighted by Gasteiger charge is -2.00. The topological polar surface area (TPSA) is 55.3 Å². The highest BCUT2D eigenvalue weighted by atomic mass is 15.0. The van der Waals surface area contributed by atoms with Gasteiger partial charge in [-0.3, -0.25) is 11.7 Å². The zero-order chi connectivity index (χ0) is 6.28. The molecule has 0 aliphatic carbocycles. The molecular formula is C3H12BN3. The van der Waals surface area contributed by atoms with Crippen molar-refractivity contribution in [3.05, 3.63) is 0 Å². The van der Waals surface area contributed by atoms with Crippen LogP contribution in [0.4, 0.5) is 0 Å². The number of hydrazine groups is 1. The van der Waals surface area contributed by atoms with E-state index in [0.717, 1.165) is 6.54 Å². The Kier molecular flexibility index (Phi) is 13.4. The molecule has 0 saturated heterocycles. The summed E-state index contributed by atoms with van der Waals surface area (Å²) in [5.41, 5.74) is 0. The zero-order valence-electron chi connectivity index (χ0n) is 4.89. The van der Waals surface area contributed by atoms with Crippen molar-refractivity contribution in [2.24, 2.45) is 11.7 Å². The van der Waals surface area contributed by atoms with Crippen LogP contribution in [0.3, 0.4) is 0 Å². The molecule has 4 heteroatoms. The molecule has 7 heavy (non-hydrogen) atoms. The first-order valence-corrected chi connectivity index (χ1v) is 2.06. The Hall–Kier alpha value is -0.0551. The average molecular weight is 101 g/mol. The van der Waals surface area contributed by atoms with Crippen molar-refractivity contribution in [1.29, 1.82) is 0 Å². The van der Waals surface area contributed by atoms with Gasteiger partial charge in [0.05, 0.1) is 0 Å². The van der Waals surface area contributed by atoms with Crippen LogP contribution < -0.4 is 11.7 Å². The second kappa shape index (κ2) is 9.34. The maximum Gasteiger partial charge on any atom is 0.182 e. The quantitative estimate of drug-likeness (QED) is 0.249. The second-order valence-electron chi connectivity index (χ2n) is 1.07. The number of hydrogen-bond acceptors (Lipinski definition) is 3. The van der Waals surface area contributed by atoms with Crippen LogP contribution in [0.25, 0.3) is 0 Å². The molecule has 0 aliphatic rings. The van der Waals surface area contributed by atoms with Gasteiger partial charge in [-0.05, 0) is 13.6 Å². The molecule has 0 atom stereocenters. The minimum absolute atomic E-state index is 0.917. The summed E-state index contributed by atoms with van der Waals surface area (Å²) < 4.78 is 0. The highest BCUT2D eigenvalue weighted by molar-refractivity contribution is 6.04. The van der Waals surface area contributed by atoms with Gasteiger partial charge in [0.1, 0.15) is 0 Å². The summed E-state index contributed by atoms with van der Waals surface area (Å²) in [4.78, 5) is 1.62. The molecule has 0 aromatic rings. The average Bonchev–Trinajstić information content (AvgIpc) is 1.73. The molecule has 0 unspecified atom stereocenters. The van der Waals surface area contributed by atoms with E-state index in [9.17, 15) is 0 Å². The molecule has 0 amide bonds. The van der Waals surface area contributed by atoms with E-state index in [4.69, 9.17) is 7.98 Å². The summed E-state index contributed by atoms with van der Waals surface area (Å²) in [6.45, 7) is 2.92. The molecule has 3 nitrogen and oxygen atoms in total. The van der Waals surface area contributed by atoms with Crippen LogP contribution in [-0.2, 0) is 0 Å². The Morgan fingerprint density at radius 2 is 1.71 bits per heavy atom. The molecule has 0 aromatic carbocycles. The van der Waals surface area contributed by atoms with Gasteiger partial charge in [0, 0.05) is 0 Å². The molecule has 0 heterocycles. The summed E-state index contributed by atoms with van der Waals surface area (Å²) in [5, 5.41) is 0. The van der Waals surface area contributed by atoms with Gasteiger partial charge in [0.2, 0.25) is 0 Å². The third-order valence-corrected chi connectivity index (χ3v) is 0.499. The standard InChI is InChI=1S/C3H8BN.H4N2/c1-3-5(2)4;1-2/h3H2,1-2H3;1-2H2. The van der Waals surface area contributed by atoms with Crippen LogP contribution >= 0.6 is 0 Å². The van der Waals surface area contributed by atoms with E-state index in [1.54, 1.807) is 4.81 Å². The largest absolute Gasteiger partial charge is 0.356 e. The highest BCUT2D eigenvalue weighted by Gasteiger charge is 1.72. The molecule has 4 N–H and O–H groups in total. The molecule has 0 fully saturated rings. The van der Waals surface area contributed by atoms with E-state index in [-0.39, 0.29) is 0 Å². The third kappa shape index (κ3) is 24.5. The van der Waals surface area contributed by atoms with Gasteiger partial charge in [-0.25, -0.2) is 0 Å². The molecule has 0 bridgehead atoms. The van der Waals surface area contributed by atoms with E-state index in [2.05, 4.69) is 11.7 Å². The zero-order valence-corrected chi connectivity index (χ0v) is 4.89. The lowest BCUT2D eigenvalue weighted by atomic mass is 10.3. The van der Waals surface area contributed by atoms with Gasteiger partial charge >= 0.3 is 0 Å². The van der Waals surface area contributed by atoms with Gasteiger partial charge in [-0.15, -0.1) is 0 Å². The van der Waals surface area contributed by atoms with Crippen LogP contribution in [0.2, 0.25) is 0 Å². The maximum atomic E-state index is 5.12. The fraction of sp³-hybridized carbons (Fsp3) is 1.00. The minimum atomic E-state index is 0.917. The van der Waals surface area contributed by atoms with E-state index < -0.39 is 0 Å². The van der Waals surface area contributed by atoms with Crippen molar-refractivity contribution in [3.8, 4) is 0 Å². The van der Waals surface area contributed by atoms with E-state index >= 15 is 0 Å². The summed E-state index contributed by atoms with van der Waals surface area (Å²) in [6, 6.07) is 0. The lowest BCUT2D eigenvalue weighted by molar-refractivity contribution is 0.581. The van der Waals surface area contributed by atoms with Crippen molar-refractivity contribution < 1.29 is 0 Å². The number of nitrogens with two attached hydrogens (primary N) is 2. The summed E-state index contributed by atoms with van der Waals surface area (Å²) >= 11 is 0. The Bertz CT molecular complexity index is 24.1. The highest BCUT2D eigenvalue weighted by Crippen LogP contribution is 1.62. The summed E-state index contributed by atoms with van der Waals surface area (Å²) in [7, 11) is 6.96. The summed E-state index contributed by atoms with van der Waals surface area (Å²) in [5.74, 6) is 8.00. The number of rotatable bonds is 1. The molecule has 0 aliphatic heterocycles. The predicted molar refractivity (Wildman–Crippen MR) is 32.4 cm³/mol. The SMILES string of the molecule is NN.[B]N(C)CC. The molecular weight excluding hydrogens is 88.9 g/mol. The van der Waals surface area contributed by atoms with Crippen molar-refractivity contribution in [1.82, 2.24) is 4.81 Å². The van der Waals surface area contributed by atoms with E-state index in [1.807, 2.05) is 14.0 Å². The number of hydrogen-bond donors (Lipinski definition) is 2. The van der Waals surface area contributed by atoms with Crippen molar-refractivity contribution in [2.45, 2.75) is 6.92 Å². The minimum Gasteiger partial charge on any atom is -0.356 e. The Morgan fingerprint density at radius 3 is 1.71 bits per heavy atom. The van der Waals surface area contributed by atoms with Crippen molar-refractivity contribution in [2.75, 3.05) is 13.6 Å². The van der Waals surface area contributed by atoms with Gasteiger partial charge in [-0.2, -0.15) is 0 Å². The summed E-state index contributed by atoms with van der Waals surface area (Å²) in [6.07, 6.45) is 0. The van der Waals surface area contributed by atoms with Crippen LogP contribution in [0.5, 0.6) is 0 Å². The monoisotopic (exact) mass is 101 g/mol. The van der Waals surface area contributed by atoms with Crippen LogP contribution in [-0.4, -0.2) is 26.4 Å². The first-order chi connectivity index (χ1) is 3.27. The molecule has 0 rings (SSSR count). The van der Waals surface area contributed by atoms with Crippen molar-refractivity contribution >= 4 is 7.98 Å². The Labute approximate surface area is 46.1 Å². The fourth-order valence-electron chi connectivity index (χ4n) is 0. The fourth-order valence-corrected chi connectivity index (χ4v) is 0. The van der Waals surface area contributed by atoms with E-state index in [0.29, 0.717) is 0 Å². The second-order valence-corrected chi connectivity index (χ2v) is 1.07. The van der Waals surface area contributed by atoms with Gasteiger partial charge in [0.15, 0.2) is 7.98 Å². The van der Waals surface area contributed by atoms with Gasteiger partial charge in [0.25, 0.3) is 0 Å². The molecule has 0 aromatic heterocycles. The molecule has 42 valence electrons. The normalized spacial score (nSPS) is 7.57. The van der Waals surface area contributed by atoms with E-state index in [1.165, 1.54) is 0 Å². The third-order valence-electron chi connectivity index (χ3n) is 0.499. The van der Waals surface area contributed by atoms with Crippen LogP contribution in [0, 0.1) is 0 Å².